The Morgan fingerprint density at radius 1 is 0.400 bits per heavy atom. The van der Waals surface area contributed by atoms with E-state index in [1.165, 1.54) is 199 Å². The summed E-state index contributed by atoms with van der Waals surface area (Å²) in [7, 11) is 0. The molecule has 0 aromatic carbocycles. The largest absolute Gasteiger partial charge is 0.394 e. The highest BCUT2D eigenvalue weighted by Gasteiger charge is 2.23. The maximum atomic E-state index is 12.5. The van der Waals surface area contributed by atoms with Crippen LogP contribution in [-0.4, -0.2) is 46.1 Å². The quantitative estimate of drug-likeness (QED) is 0.0475. The molecule has 1 amide bonds. The second-order valence-corrected chi connectivity index (χ2v) is 16.0. The number of unbranched alkanes of at least 4 members (excludes halogenated alkanes) is 34. The molecule has 0 aliphatic rings. The molecule has 0 aromatic rings. The zero-order chi connectivity index (χ0) is 36.6. The topological polar surface area (TPSA) is 89.8 Å². The standard InChI is InChI=1S/C45H91NO4/c1-3-5-7-9-11-13-15-17-18-19-20-21-22-23-24-25-26-28-30-32-34-36-38-40-44(49)45(50)46-42(41-47)43(48)39-37-35-33-31-29-27-16-14-12-10-8-6-4-2/h42-44,47-49H,3-41H2,1-2H3,(H,46,50). The molecule has 0 aliphatic heterocycles. The van der Waals surface area contributed by atoms with Crippen LogP contribution >= 0.6 is 0 Å². The molecular formula is C45H91NO4. The van der Waals surface area contributed by atoms with E-state index in [2.05, 4.69) is 19.2 Å². The zero-order valence-electron chi connectivity index (χ0n) is 34.1. The molecule has 0 fully saturated rings. The van der Waals surface area contributed by atoms with Gasteiger partial charge in [-0.15, -0.1) is 0 Å². The number of carbonyl (C=O) groups is 1. The lowest BCUT2D eigenvalue weighted by Gasteiger charge is -2.23. The van der Waals surface area contributed by atoms with Crippen LogP contribution in [0.25, 0.3) is 0 Å². The van der Waals surface area contributed by atoms with E-state index in [1.807, 2.05) is 0 Å². The minimum absolute atomic E-state index is 0.308. The van der Waals surface area contributed by atoms with E-state index in [0.717, 1.165) is 32.1 Å². The van der Waals surface area contributed by atoms with Crippen molar-refractivity contribution < 1.29 is 20.1 Å². The van der Waals surface area contributed by atoms with Crippen LogP contribution in [0.15, 0.2) is 0 Å². The van der Waals surface area contributed by atoms with Gasteiger partial charge in [0.05, 0.1) is 18.8 Å². The monoisotopic (exact) mass is 710 g/mol. The van der Waals surface area contributed by atoms with Crippen molar-refractivity contribution in [2.45, 2.75) is 276 Å². The molecule has 0 saturated carbocycles. The second kappa shape index (κ2) is 41.1. The van der Waals surface area contributed by atoms with Gasteiger partial charge in [0.2, 0.25) is 5.91 Å². The van der Waals surface area contributed by atoms with Gasteiger partial charge in [-0.1, -0.05) is 245 Å². The smallest absolute Gasteiger partial charge is 0.249 e. The number of aliphatic hydroxyl groups is 3. The Morgan fingerprint density at radius 2 is 0.640 bits per heavy atom. The van der Waals surface area contributed by atoms with Crippen molar-refractivity contribution in [1.82, 2.24) is 5.32 Å². The zero-order valence-corrected chi connectivity index (χ0v) is 34.1. The van der Waals surface area contributed by atoms with Crippen LogP contribution in [0.5, 0.6) is 0 Å². The van der Waals surface area contributed by atoms with Gasteiger partial charge in [-0.25, -0.2) is 0 Å². The average Bonchev–Trinajstić information content (AvgIpc) is 3.12. The fourth-order valence-corrected chi connectivity index (χ4v) is 7.37. The van der Waals surface area contributed by atoms with Crippen LogP contribution < -0.4 is 5.32 Å². The first-order valence-electron chi connectivity index (χ1n) is 22.8. The Balaban J connectivity index is 3.53. The first kappa shape index (κ1) is 49.4. The number of nitrogens with one attached hydrogen (secondary N) is 1. The molecule has 0 saturated heterocycles. The predicted octanol–water partition coefficient (Wildman–Crippen LogP) is 13.0. The highest BCUT2D eigenvalue weighted by atomic mass is 16.3. The fraction of sp³-hybridized carbons (Fsp3) is 0.978. The van der Waals surface area contributed by atoms with Crippen LogP contribution in [-0.2, 0) is 4.79 Å². The van der Waals surface area contributed by atoms with Crippen molar-refractivity contribution >= 4 is 5.91 Å². The average molecular weight is 710 g/mol. The highest BCUT2D eigenvalue weighted by Crippen LogP contribution is 2.17. The first-order chi connectivity index (χ1) is 24.6. The number of rotatable bonds is 42. The van der Waals surface area contributed by atoms with Gasteiger partial charge in [-0.05, 0) is 12.8 Å². The van der Waals surface area contributed by atoms with Crippen molar-refractivity contribution in [3.05, 3.63) is 0 Å². The van der Waals surface area contributed by atoms with Gasteiger partial charge in [0.15, 0.2) is 0 Å². The van der Waals surface area contributed by atoms with E-state index in [0.29, 0.717) is 12.8 Å². The van der Waals surface area contributed by atoms with E-state index in [1.54, 1.807) is 0 Å². The summed E-state index contributed by atoms with van der Waals surface area (Å²) in [5.41, 5.74) is 0. The molecule has 50 heavy (non-hydrogen) atoms. The maximum Gasteiger partial charge on any atom is 0.249 e. The number of carbonyl (C=O) groups excluding carboxylic acids is 1. The Bertz CT molecular complexity index is 659. The SMILES string of the molecule is CCCCCCCCCCCCCCCCCCCCCCCCCC(O)C(=O)NC(CO)C(O)CCCCCCCCCCCCCCC. The molecule has 0 aliphatic carbocycles. The van der Waals surface area contributed by atoms with Gasteiger partial charge in [0.25, 0.3) is 0 Å². The molecule has 5 heteroatoms. The maximum absolute atomic E-state index is 12.5. The van der Waals surface area contributed by atoms with Gasteiger partial charge in [-0.3, -0.25) is 4.79 Å². The van der Waals surface area contributed by atoms with Gasteiger partial charge in [0.1, 0.15) is 6.10 Å². The van der Waals surface area contributed by atoms with Gasteiger partial charge in [0, 0.05) is 0 Å². The summed E-state index contributed by atoms with van der Waals surface area (Å²) < 4.78 is 0. The van der Waals surface area contributed by atoms with Crippen molar-refractivity contribution in [1.29, 1.82) is 0 Å². The Hall–Kier alpha value is -0.650. The molecule has 5 nitrogen and oxygen atoms in total. The number of aliphatic hydroxyl groups excluding tert-OH is 3. The van der Waals surface area contributed by atoms with Crippen molar-refractivity contribution in [3.8, 4) is 0 Å². The highest BCUT2D eigenvalue weighted by molar-refractivity contribution is 5.80. The second-order valence-electron chi connectivity index (χ2n) is 16.0. The molecule has 0 bridgehead atoms. The van der Waals surface area contributed by atoms with Crippen LogP contribution in [0.3, 0.4) is 0 Å². The lowest BCUT2D eigenvalue weighted by atomic mass is 10.0. The normalized spacial score (nSPS) is 13.5. The molecule has 0 aromatic heterocycles. The predicted molar refractivity (Wildman–Crippen MR) is 218 cm³/mol. The van der Waals surface area contributed by atoms with E-state index >= 15 is 0 Å². The van der Waals surface area contributed by atoms with Crippen molar-refractivity contribution in [2.24, 2.45) is 0 Å². The molecule has 0 heterocycles. The van der Waals surface area contributed by atoms with Crippen LogP contribution in [0.4, 0.5) is 0 Å². The first-order valence-corrected chi connectivity index (χ1v) is 22.8. The van der Waals surface area contributed by atoms with E-state index < -0.39 is 24.2 Å². The van der Waals surface area contributed by atoms with Crippen LogP contribution in [0, 0.1) is 0 Å². The molecule has 0 spiro atoms. The van der Waals surface area contributed by atoms with Crippen molar-refractivity contribution in [2.75, 3.05) is 6.61 Å². The molecule has 3 atom stereocenters. The third-order valence-corrected chi connectivity index (χ3v) is 11.0. The van der Waals surface area contributed by atoms with Crippen LogP contribution in [0.2, 0.25) is 0 Å². The Morgan fingerprint density at radius 3 is 0.900 bits per heavy atom. The Kier molecular flexibility index (Phi) is 40.6. The minimum atomic E-state index is -1.07. The van der Waals surface area contributed by atoms with Gasteiger partial charge >= 0.3 is 0 Å². The van der Waals surface area contributed by atoms with Gasteiger partial charge in [-0.2, -0.15) is 0 Å². The van der Waals surface area contributed by atoms with E-state index in [4.69, 9.17) is 0 Å². The molecule has 0 radical (unpaired) electrons. The summed E-state index contributed by atoms with van der Waals surface area (Å²) in [5.74, 6) is -0.465. The molecule has 300 valence electrons. The number of hydrogen-bond donors (Lipinski definition) is 4. The summed E-state index contributed by atoms with van der Waals surface area (Å²) in [6, 6.07) is -0.705. The fourth-order valence-electron chi connectivity index (χ4n) is 7.37. The molecular weight excluding hydrogens is 618 g/mol. The van der Waals surface area contributed by atoms with E-state index in [9.17, 15) is 20.1 Å². The van der Waals surface area contributed by atoms with Crippen LogP contribution in [0.1, 0.15) is 258 Å². The molecule has 0 rings (SSSR count). The minimum Gasteiger partial charge on any atom is -0.394 e. The lowest BCUT2D eigenvalue weighted by Crippen LogP contribution is -2.49. The number of amides is 1. The molecule has 3 unspecified atom stereocenters. The Labute approximate surface area is 313 Å². The summed E-state index contributed by atoms with van der Waals surface area (Å²) in [6.45, 7) is 4.25. The third kappa shape index (κ3) is 35.7. The lowest BCUT2D eigenvalue weighted by molar-refractivity contribution is -0.131. The van der Waals surface area contributed by atoms with Gasteiger partial charge < -0.3 is 20.6 Å². The summed E-state index contributed by atoms with van der Waals surface area (Å²) in [4.78, 5) is 12.5. The summed E-state index contributed by atoms with van der Waals surface area (Å²) in [6.07, 6.45) is 46.8. The third-order valence-electron chi connectivity index (χ3n) is 11.0. The summed E-state index contributed by atoms with van der Waals surface area (Å²) in [5, 5.41) is 33.3. The molecule has 4 N–H and O–H groups in total. The summed E-state index contributed by atoms with van der Waals surface area (Å²) >= 11 is 0. The van der Waals surface area contributed by atoms with Crippen molar-refractivity contribution in [3.63, 3.8) is 0 Å². The number of hydrogen-bond acceptors (Lipinski definition) is 4. The van der Waals surface area contributed by atoms with E-state index in [-0.39, 0.29) is 6.61 Å².